The minimum absolute atomic E-state index is 0.210. The van der Waals surface area contributed by atoms with E-state index in [0.717, 1.165) is 5.69 Å². The zero-order chi connectivity index (χ0) is 12.8. The summed E-state index contributed by atoms with van der Waals surface area (Å²) in [6, 6.07) is 13.1. The van der Waals surface area contributed by atoms with Crippen molar-refractivity contribution in [1.82, 2.24) is 5.43 Å². The number of benzene rings is 1. The lowest BCUT2D eigenvalue weighted by Crippen LogP contribution is -2.38. The molecule has 2 aromatic rings. The topological polar surface area (TPSA) is 45.5 Å². The van der Waals surface area contributed by atoms with Crippen LogP contribution in [0.4, 0.5) is 5.69 Å². The Labute approximate surface area is 105 Å². The number of rotatable bonds is 4. The Bertz CT molecular complexity index is 518. The summed E-state index contributed by atoms with van der Waals surface area (Å²) in [4.78, 5) is 11.6. The molecular weight excluding hydrogens is 228 g/mol. The quantitative estimate of drug-likeness (QED) is 0.661. The fraction of sp³-hybridized carbons (Fsp3) is 0.0714. The zero-order valence-electron chi connectivity index (χ0n) is 10.0. The van der Waals surface area contributed by atoms with Gasteiger partial charge in [0.15, 0.2) is 0 Å². The fourth-order valence-corrected chi connectivity index (χ4v) is 1.46. The maximum Gasteiger partial charge on any atom is 0.262 e. The number of amides is 1. The molecular formula is C14H14N2O2. The van der Waals surface area contributed by atoms with Crippen LogP contribution in [0.3, 0.4) is 0 Å². The van der Waals surface area contributed by atoms with Gasteiger partial charge in [-0.2, -0.15) is 0 Å². The number of hydrogen-bond donors (Lipinski definition) is 1. The van der Waals surface area contributed by atoms with Crippen molar-refractivity contribution < 1.29 is 9.21 Å². The summed E-state index contributed by atoms with van der Waals surface area (Å²) in [7, 11) is 1.79. The first-order valence-corrected chi connectivity index (χ1v) is 5.57. The van der Waals surface area contributed by atoms with Gasteiger partial charge < -0.3 is 4.42 Å². The van der Waals surface area contributed by atoms with Crippen LogP contribution < -0.4 is 10.4 Å². The van der Waals surface area contributed by atoms with Gasteiger partial charge in [0.25, 0.3) is 5.91 Å². The van der Waals surface area contributed by atoms with Gasteiger partial charge in [0.05, 0.1) is 12.0 Å². The fourth-order valence-electron chi connectivity index (χ4n) is 1.46. The molecule has 1 amide bonds. The summed E-state index contributed by atoms with van der Waals surface area (Å²) in [6.07, 6.45) is 4.61. The van der Waals surface area contributed by atoms with Crippen molar-refractivity contribution >= 4 is 17.7 Å². The van der Waals surface area contributed by atoms with E-state index in [1.807, 2.05) is 30.3 Å². The third kappa shape index (κ3) is 3.25. The van der Waals surface area contributed by atoms with Crippen LogP contribution in [0.15, 0.2) is 59.2 Å². The molecule has 0 aliphatic rings. The lowest BCUT2D eigenvalue weighted by Gasteiger charge is -2.18. The van der Waals surface area contributed by atoms with Crippen molar-refractivity contribution in [3.63, 3.8) is 0 Å². The number of anilines is 1. The Morgan fingerprint density at radius 2 is 2.00 bits per heavy atom. The predicted octanol–water partition coefficient (Wildman–Crippen LogP) is 2.46. The molecule has 4 heteroatoms. The van der Waals surface area contributed by atoms with Crippen LogP contribution in [0, 0.1) is 0 Å². The maximum absolute atomic E-state index is 11.6. The number of hydrazine groups is 1. The molecule has 1 N–H and O–H groups in total. The van der Waals surface area contributed by atoms with Crippen molar-refractivity contribution in [1.29, 1.82) is 0 Å². The molecule has 0 unspecified atom stereocenters. The Kier molecular flexibility index (Phi) is 3.81. The number of carbonyl (C=O) groups excluding carboxylic acids is 1. The van der Waals surface area contributed by atoms with E-state index >= 15 is 0 Å². The van der Waals surface area contributed by atoms with E-state index in [4.69, 9.17) is 4.42 Å². The normalized spacial score (nSPS) is 10.5. The van der Waals surface area contributed by atoms with Gasteiger partial charge in [-0.25, -0.2) is 0 Å². The molecule has 1 aromatic carbocycles. The zero-order valence-corrected chi connectivity index (χ0v) is 10.0. The van der Waals surface area contributed by atoms with Gasteiger partial charge in [0.2, 0.25) is 0 Å². The largest absolute Gasteiger partial charge is 0.465 e. The van der Waals surface area contributed by atoms with E-state index in [0.29, 0.717) is 5.76 Å². The van der Waals surface area contributed by atoms with Crippen LogP contribution in [0.25, 0.3) is 6.08 Å². The van der Waals surface area contributed by atoms with Crippen LogP contribution in [-0.4, -0.2) is 13.0 Å². The summed E-state index contributed by atoms with van der Waals surface area (Å²) in [5.74, 6) is 0.435. The number of hydrogen-bond acceptors (Lipinski definition) is 3. The third-order valence-corrected chi connectivity index (χ3v) is 2.36. The van der Waals surface area contributed by atoms with Gasteiger partial charge in [-0.3, -0.25) is 15.2 Å². The first-order chi connectivity index (χ1) is 8.75. The van der Waals surface area contributed by atoms with E-state index < -0.39 is 0 Å². The molecule has 0 spiro atoms. The van der Waals surface area contributed by atoms with Crippen molar-refractivity contribution in [2.45, 2.75) is 0 Å². The first kappa shape index (κ1) is 12.0. The highest BCUT2D eigenvalue weighted by molar-refractivity contribution is 5.92. The summed E-state index contributed by atoms with van der Waals surface area (Å²) < 4.78 is 5.09. The second-order valence-corrected chi connectivity index (χ2v) is 3.72. The standard InChI is InChI=1S/C14H14N2O2/c1-16(12-6-3-2-4-7-12)15-14(17)10-9-13-8-5-11-18-13/h2-11H,1H3,(H,15,17)/b10-9+. The van der Waals surface area contributed by atoms with Crippen LogP contribution in [0.2, 0.25) is 0 Å². The Balaban J connectivity index is 1.92. The number of carbonyl (C=O) groups is 1. The molecule has 18 heavy (non-hydrogen) atoms. The lowest BCUT2D eigenvalue weighted by atomic mass is 10.3. The third-order valence-electron chi connectivity index (χ3n) is 2.36. The summed E-state index contributed by atoms with van der Waals surface area (Å²) in [5.41, 5.74) is 3.64. The highest BCUT2D eigenvalue weighted by Crippen LogP contribution is 2.08. The van der Waals surface area contributed by atoms with Gasteiger partial charge in [-0.1, -0.05) is 18.2 Å². The SMILES string of the molecule is CN(NC(=O)/C=C/c1ccco1)c1ccccc1. The highest BCUT2D eigenvalue weighted by Gasteiger charge is 2.02. The van der Waals surface area contributed by atoms with Gasteiger partial charge in [0.1, 0.15) is 5.76 Å². The van der Waals surface area contributed by atoms with Crippen molar-refractivity contribution in [2.24, 2.45) is 0 Å². The second kappa shape index (κ2) is 5.72. The van der Waals surface area contributed by atoms with Crippen LogP contribution >= 0.6 is 0 Å². The minimum atomic E-state index is -0.210. The molecule has 1 heterocycles. The first-order valence-electron chi connectivity index (χ1n) is 5.57. The molecule has 0 fully saturated rings. The van der Waals surface area contributed by atoms with E-state index in [2.05, 4.69) is 5.43 Å². The molecule has 0 aliphatic carbocycles. The van der Waals surface area contributed by atoms with Crippen LogP contribution in [0.1, 0.15) is 5.76 Å². The van der Waals surface area contributed by atoms with E-state index in [-0.39, 0.29) is 5.91 Å². The molecule has 0 bridgehead atoms. The summed E-state index contributed by atoms with van der Waals surface area (Å²) in [6.45, 7) is 0. The average Bonchev–Trinajstić information content (AvgIpc) is 2.90. The van der Waals surface area contributed by atoms with Gasteiger partial charge in [-0.05, 0) is 30.3 Å². The monoisotopic (exact) mass is 242 g/mol. The van der Waals surface area contributed by atoms with Gasteiger partial charge in [0, 0.05) is 13.1 Å². The highest BCUT2D eigenvalue weighted by atomic mass is 16.3. The molecule has 92 valence electrons. The van der Waals surface area contributed by atoms with E-state index in [1.165, 1.54) is 6.08 Å². The molecule has 1 aromatic heterocycles. The lowest BCUT2D eigenvalue weighted by molar-refractivity contribution is -0.116. The molecule has 2 rings (SSSR count). The second-order valence-electron chi connectivity index (χ2n) is 3.72. The maximum atomic E-state index is 11.6. The average molecular weight is 242 g/mol. The number of nitrogens with zero attached hydrogens (tertiary/aromatic N) is 1. The number of para-hydroxylation sites is 1. The number of furan rings is 1. The van der Waals surface area contributed by atoms with Crippen LogP contribution in [0.5, 0.6) is 0 Å². The Hall–Kier alpha value is -2.49. The van der Waals surface area contributed by atoms with Crippen LogP contribution in [-0.2, 0) is 4.79 Å². The summed E-state index contributed by atoms with van der Waals surface area (Å²) in [5, 5.41) is 1.66. The Morgan fingerprint density at radius 1 is 1.22 bits per heavy atom. The summed E-state index contributed by atoms with van der Waals surface area (Å²) >= 11 is 0. The molecule has 0 radical (unpaired) electrons. The van der Waals surface area contributed by atoms with Crippen molar-refractivity contribution in [2.75, 3.05) is 12.1 Å². The molecule has 0 saturated carbocycles. The Morgan fingerprint density at radius 3 is 2.67 bits per heavy atom. The van der Waals surface area contributed by atoms with E-state index in [9.17, 15) is 4.79 Å². The molecule has 0 atom stereocenters. The van der Waals surface area contributed by atoms with Gasteiger partial charge >= 0.3 is 0 Å². The molecule has 0 aliphatic heterocycles. The van der Waals surface area contributed by atoms with E-state index in [1.54, 1.807) is 36.5 Å². The van der Waals surface area contributed by atoms with Gasteiger partial charge in [-0.15, -0.1) is 0 Å². The molecule has 0 saturated heterocycles. The predicted molar refractivity (Wildman–Crippen MR) is 70.7 cm³/mol. The smallest absolute Gasteiger partial charge is 0.262 e. The number of nitrogens with one attached hydrogen (secondary N) is 1. The minimum Gasteiger partial charge on any atom is -0.465 e. The van der Waals surface area contributed by atoms with Crippen molar-refractivity contribution in [3.8, 4) is 0 Å². The van der Waals surface area contributed by atoms with Crippen molar-refractivity contribution in [3.05, 3.63) is 60.6 Å². The molecule has 4 nitrogen and oxygen atoms in total.